The maximum Gasteiger partial charge on any atom is 0.410 e. The van der Waals surface area contributed by atoms with Crippen LogP contribution in [0.1, 0.15) is 39.2 Å². The lowest BCUT2D eigenvalue weighted by molar-refractivity contribution is -0.00464. The second-order valence-corrected chi connectivity index (χ2v) is 9.76. The number of amides is 1. The first kappa shape index (κ1) is 21.4. The molecule has 0 saturated carbocycles. The monoisotopic (exact) mass is 395 g/mol. The number of hydrogen-bond donors (Lipinski definition) is 0. The van der Waals surface area contributed by atoms with Gasteiger partial charge >= 0.3 is 6.09 Å². The molecule has 0 atom stereocenters. The molecular weight excluding hydrogens is 366 g/mol. The average molecular weight is 396 g/mol. The van der Waals surface area contributed by atoms with Crippen molar-refractivity contribution in [3.8, 4) is 0 Å². The summed E-state index contributed by atoms with van der Waals surface area (Å²) in [5, 5.41) is 0. The standard InChI is InChI=1S/C20H29NO5S/c1-20(2,3)26-19(22)21-13-11-17(12-14-21)25-15-5-6-16-7-9-18(10-8-16)27(4,23)24/h5-10,17H,11-15H2,1-4H3/b6-5+. The molecule has 0 bridgehead atoms. The molecule has 1 aromatic carbocycles. The highest BCUT2D eigenvalue weighted by Crippen LogP contribution is 2.17. The second-order valence-electron chi connectivity index (χ2n) is 7.74. The van der Waals surface area contributed by atoms with E-state index in [-0.39, 0.29) is 12.2 Å². The van der Waals surface area contributed by atoms with Crippen LogP contribution in [0.25, 0.3) is 6.08 Å². The van der Waals surface area contributed by atoms with Crippen molar-refractivity contribution >= 4 is 22.0 Å². The predicted octanol–water partition coefficient (Wildman–Crippen LogP) is 3.52. The first-order chi connectivity index (χ1) is 12.5. The summed E-state index contributed by atoms with van der Waals surface area (Å²) in [4.78, 5) is 14.1. The van der Waals surface area contributed by atoms with E-state index in [4.69, 9.17) is 9.47 Å². The number of likely N-dealkylation sites (tertiary alicyclic amines) is 1. The van der Waals surface area contributed by atoms with Gasteiger partial charge in [0.2, 0.25) is 0 Å². The molecule has 1 heterocycles. The number of rotatable bonds is 5. The Labute approximate surface area is 162 Å². The van der Waals surface area contributed by atoms with Gasteiger partial charge in [0.05, 0.1) is 17.6 Å². The summed E-state index contributed by atoms with van der Waals surface area (Å²) < 4.78 is 34.1. The van der Waals surface area contributed by atoms with Crippen LogP contribution in [0.2, 0.25) is 0 Å². The molecule has 0 radical (unpaired) electrons. The molecule has 6 nitrogen and oxygen atoms in total. The number of nitrogens with zero attached hydrogens (tertiary/aromatic N) is 1. The fourth-order valence-electron chi connectivity index (χ4n) is 2.73. The Kier molecular flexibility index (Phi) is 7.06. The summed E-state index contributed by atoms with van der Waals surface area (Å²) in [6, 6.07) is 6.74. The summed E-state index contributed by atoms with van der Waals surface area (Å²) in [6.45, 7) is 7.34. The van der Waals surface area contributed by atoms with Crippen molar-refractivity contribution in [1.29, 1.82) is 0 Å². The average Bonchev–Trinajstić information content (AvgIpc) is 2.57. The molecule has 1 fully saturated rings. The van der Waals surface area contributed by atoms with Crippen molar-refractivity contribution in [2.24, 2.45) is 0 Å². The van der Waals surface area contributed by atoms with Gasteiger partial charge < -0.3 is 14.4 Å². The molecule has 2 rings (SSSR count). The van der Waals surface area contributed by atoms with Gasteiger partial charge in [-0.05, 0) is 51.3 Å². The minimum absolute atomic E-state index is 0.126. The van der Waals surface area contributed by atoms with Crippen molar-refractivity contribution in [3.63, 3.8) is 0 Å². The summed E-state index contributed by atoms with van der Waals surface area (Å²) in [6.07, 6.45) is 6.45. The highest BCUT2D eigenvalue weighted by Gasteiger charge is 2.26. The topological polar surface area (TPSA) is 72.9 Å². The fourth-order valence-corrected chi connectivity index (χ4v) is 3.36. The van der Waals surface area contributed by atoms with Crippen LogP contribution in [0.4, 0.5) is 4.79 Å². The molecule has 0 spiro atoms. The zero-order chi connectivity index (χ0) is 20.1. The van der Waals surface area contributed by atoms with Gasteiger partial charge in [-0.2, -0.15) is 0 Å². The Bertz CT molecular complexity index is 755. The van der Waals surface area contributed by atoms with E-state index in [1.165, 1.54) is 6.26 Å². The van der Waals surface area contributed by atoms with E-state index in [1.54, 1.807) is 29.2 Å². The molecule has 1 aliphatic heterocycles. The molecule has 0 unspecified atom stereocenters. The van der Waals surface area contributed by atoms with Gasteiger partial charge in [0.25, 0.3) is 0 Å². The van der Waals surface area contributed by atoms with E-state index in [0.29, 0.717) is 24.6 Å². The zero-order valence-electron chi connectivity index (χ0n) is 16.5. The number of piperidine rings is 1. The molecule has 1 saturated heterocycles. The first-order valence-electron chi connectivity index (χ1n) is 9.11. The summed E-state index contributed by atoms with van der Waals surface area (Å²) >= 11 is 0. The number of hydrogen-bond acceptors (Lipinski definition) is 5. The third-order valence-electron chi connectivity index (χ3n) is 4.14. The summed E-state index contributed by atoms with van der Waals surface area (Å²) in [7, 11) is -3.17. The fraction of sp³-hybridized carbons (Fsp3) is 0.550. The SMILES string of the molecule is CC(C)(C)OC(=O)N1CCC(OC/C=C/c2ccc(S(C)(=O)=O)cc2)CC1. The maximum atomic E-state index is 12.0. The number of carbonyl (C=O) groups excluding carboxylic acids is 1. The Morgan fingerprint density at radius 2 is 1.78 bits per heavy atom. The van der Waals surface area contributed by atoms with Gasteiger partial charge in [-0.3, -0.25) is 0 Å². The van der Waals surface area contributed by atoms with E-state index in [0.717, 1.165) is 18.4 Å². The molecule has 1 amide bonds. The van der Waals surface area contributed by atoms with Gasteiger partial charge in [-0.25, -0.2) is 13.2 Å². The van der Waals surface area contributed by atoms with Gasteiger partial charge in [0, 0.05) is 19.3 Å². The molecule has 7 heteroatoms. The van der Waals surface area contributed by atoms with Gasteiger partial charge in [0.1, 0.15) is 5.60 Å². The van der Waals surface area contributed by atoms with Crippen molar-refractivity contribution in [1.82, 2.24) is 4.90 Å². The van der Waals surface area contributed by atoms with E-state index in [9.17, 15) is 13.2 Å². The van der Waals surface area contributed by atoms with Crippen LogP contribution in [0.15, 0.2) is 35.2 Å². The van der Waals surface area contributed by atoms with Crippen LogP contribution < -0.4 is 0 Å². The number of sulfone groups is 1. The van der Waals surface area contributed by atoms with Crippen LogP contribution in [0, 0.1) is 0 Å². The van der Waals surface area contributed by atoms with E-state index in [1.807, 2.05) is 32.9 Å². The van der Waals surface area contributed by atoms with Crippen LogP contribution in [0.3, 0.4) is 0 Å². The van der Waals surface area contributed by atoms with Crippen molar-refractivity contribution in [2.75, 3.05) is 26.0 Å². The largest absolute Gasteiger partial charge is 0.444 e. The summed E-state index contributed by atoms with van der Waals surface area (Å²) in [5.41, 5.74) is 0.445. The lowest BCUT2D eigenvalue weighted by atomic mass is 10.1. The van der Waals surface area contributed by atoms with E-state index < -0.39 is 15.4 Å². The number of ether oxygens (including phenoxy) is 2. The molecule has 1 aromatic rings. The first-order valence-corrected chi connectivity index (χ1v) is 11.0. The highest BCUT2D eigenvalue weighted by molar-refractivity contribution is 7.90. The Hall–Kier alpha value is -1.86. The third-order valence-corrected chi connectivity index (χ3v) is 5.27. The summed E-state index contributed by atoms with van der Waals surface area (Å²) in [5.74, 6) is 0. The van der Waals surface area contributed by atoms with Gasteiger partial charge in [0.15, 0.2) is 9.84 Å². The normalized spacial score (nSPS) is 16.7. The van der Waals surface area contributed by atoms with Crippen LogP contribution in [-0.2, 0) is 19.3 Å². The Balaban J connectivity index is 1.72. The van der Waals surface area contributed by atoms with Gasteiger partial charge in [-0.15, -0.1) is 0 Å². The Morgan fingerprint density at radius 3 is 2.30 bits per heavy atom. The van der Waals surface area contributed by atoms with E-state index in [2.05, 4.69) is 0 Å². The van der Waals surface area contributed by atoms with Crippen LogP contribution in [0.5, 0.6) is 0 Å². The smallest absolute Gasteiger partial charge is 0.410 e. The lowest BCUT2D eigenvalue weighted by Gasteiger charge is -2.33. The molecule has 1 aliphatic rings. The van der Waals surface area contributed by atoms with E-state index >= 15 is 0 Å². The highest BCUT2D eigenvalue weighted by atomic mass is 32.2. The second kappa shape index (κ2) is 8.89. The molecule has 27 heavy (non-hydrogen) atoms. The predicted molar refractivity (Wildman–Crippen MR) is 105 cm³/mol. The minimum atomic E-state index is -3.17. The molecule has 0 aromatic heterocycles. The van der Waals surface area contributed by atoms with Crippen molar-refractivity contribution in [2.45, 2.75) is 50.2 Å². The van der Waals surface area contributed by atoms with Crippen LogP contribution in [-0.4, -0.2) is 57.1 Å². The molecule has 150 valence electrons. The molecular formula is C20H29NO5S. The van der Waals surface area contributed by atoms with Crippen LogP contribution >= 0.6 is 0 Å². The van der Waals surface area contributed by atoms with Gasteiger partial charge in [-0.1, -0.05) is 24.3 Å². The number of carbonyl (C=O) groups is 1. The number of benzene rings is 1. The lowest BCUT2D eigenvalue weighted by Crippen LogP contribution is -2.43. The maximum absolute atomic E-state index is 12.0. The minimum Gasteiger partial charge on any atom is -0.444 e. The van der Waals surface area contributed by atoms with Crippen molar-refractivity contribution < 1.29 is 22.7 Å². The zero-order valence-corrected chi connectivity index (χ0v) is 17.3. The third kappa shape index (κ3) is 7.34. The van der Waals surface area contributed by atoms with Crippen molar-refractivity contribution in [3.05, 3.63) is 35.9 Å². The molecule has 0 N–H and O–H groups in total. The molecule has 0 aliphatic carbocycles. The quantitative estimate of drug-likeness (QED) is 0.763. The Morgan fingerprint density at radius 1 is 1.19 bits per heavy atom.